The summed E-state index contributed by atoms with van der Waals surface area (Å²) in [5, 5.41) is 17.6. The summed E-state index contributed by atoms with van der Waals surface area (Å²) in [5.74, 6) is 0.763. The SMILES string of the molecule is [C-]#[N+]c1ccc(N2N=C3c4ccc(C(=O)N5CC[C@H](O)C5)nc4CCC3C2C2CCCC2)cc1Cl. The lowest BCUT2D eigenvalue weighted by atomic mass is 9.76. The number of rotatable bonds is 3. The number of likely N-dealkylation sites (tertiary alicyclic amines) is 1. The third kappa shape index (κ3) is 3.89. The van der Waals surface area contributed by atoms with Gasteiger partial charge < -0.3 is 10.0 Å². The number of pyridine rings is 1. The van der Waals surface area contributed by atoms with Gasteiger partial charge >= 0.3 is 0 Å². The van der Waals surface area contributed by atoms with E-state index in [-0.39, 0.29) is 11.9 Å². The number of carbonyl (C=O) groups is 1. The van der Waals surface area contributed by atoms with Gasteiger partial charge in [0, 0.05) is 29.6 Å². The van der Waals surface area contributed by atoms with Gasteiger partial charge in [0.25, 0.3) is 5.91 Å². The van der Waals surface area contributed by atoms with Gasteiger partial charge in [-0.25, -0.2) is 9.83 Å². The maximum atomic E-state index is 12.9. The zero-order valence-corrected chi connectivity index (χ0v) is 20.3. The lowest BCUT2D eigenvalue weighted by Crippen LogP contribution is -2.41. The monoisotopic (exact) mass is 489 g/mol. The number of fused-ring (bicyclic) bond motifs is 3. The Hall–Kier alpha value is -2.95. The molecule has 2 unspecified atom stereocenters. The van der Waals surface area contributed by atoms with Gasteiger partial charge in [0.1, 0.15) is 5.69 Å². The van der Waals surface area contributed by atoms with Crippen LogP contribution in [0.3, 0.4) is 0 Å². The van der Waals surface area contributed by atoms with E-state index >= 15 is 0 Å². The number of anilines is 1. The molecule has 0 bridgehead atoms. The maximum absolute atomic E-state index is 12.9. The third-order valence-corrected chi connectivity index (χ3v) is 8.38. The number of carbonyl (C=O) groups excluding carboxylic acids is 1. The van der Waals surface area contributed by atoms with Crippen LogP contribution < -0.4 is 5.01 Å². The van der Waals surface area contributed by atoms with Crippen molar-refractivity contribution in [2.45, 2.75) is 57.1 Å². The fourth-order valence-corrected chi connectivity index (χ4v) is 6.58. The Labute approximate surface area is 210 Å². The van der Waals surface area contributed by atoms with Crippen molar-refractivity contribution in [1.29, 1.82) is 0 Å². The summed E-state index contributed by atoms with van der Waals surface area (Å²) in [7, 11) is 0. The van der Waals surface area contributed by atoms with E-state index < -0.39 is 6.10 Å². The number of hydrogen-bond acceptors (Lipinski definition) is 5. The zero-order valence-electron chi connectivity index (χ0n) is 19.5. The number of aromatic nitrogens is 1. The van der Waals surface area contributed by atoms with Crippen molar-refractivity contribution < 1.29 is 9.90 Å². The molecule has 3 heterocycles. The highest BCUT2D eigenvalue weighted by Crippen LogP contribution is 2.45. The fraction of sp³-hybridized carbons (Fsp3) is 0.481. The molecule has 1 aromatic carbocycles. The molecule has 7 nitrogen and oxygen atoms in total. The van der Waals surface area contributed by atoms with Gasteiger partial charge in [-0.15, -0.1) is 0 Å². The maximum Gasteiger partial charge on any atom is 0.272 e. The first kappa shape index (κ1) is 22.5. The average Bonchev–Trinajstić information content (AvgIpc) is 3.62. The van der Waals surface area contributed by atoms with Crippen LogP contribution in [-0.2, 0) is 6.42 Å². The number of amides is 1. The second kappa shape index (κ2) is 8.92. The molecule has 3 atom stereocenters. The smallest absolute Gasteiger partial charge is 0.272 e. The fourth-order valence-electron chi connectivity index (χ4n) is 6.36. The summed E-state index contributed by atoms with van der Waals surface area (Å²) in [6.45, 7) is 8.26. The minimum atomic E-state index is -0.443. The molecular formula is C27H28ClN5O2. The van der Waals surface area contributed by atoms with Crippen LogP contribution in [0.25, 0.3) is 4.85 Å². The molecule has 1 saturated carbocycles. The number of hydrogen-bond donors (Lipinski definition) is 1. The molecule has 1 aromatic heterocycles. The van der Waals surface area contributed by atoms with E-state index in [9.17, 15) is 9.90 Å². The molecule has 0 spiro atoms. The van der Waals surface area contributed by atoms with E-state index in [0.29, 0.717) is 47.8 Å². The molecule has 0 radical (unpaired) electrons. The number of aliphatic hydroxyl groups excluding tert-OH is 1. The van der Waals surface area contributed by atoms with Crippen LogP contribution in [0.15, 0.2) is 35.4 Å². The third-order valence-electron chi connectivity index (χ3n) is 8.07. The quantitative estimate of drug-likeness (QED) is 0.626. The van der Waals surface area contributed by atoms with Crippen molar-refractivity contribution in [3.8, 4) is 0 Å². The first-order valence-electron chi connectivity index (χ1n) is 12.6. The average molecular weight is 490 g/mol. The summed E-state index contributed by atoms with van der Waals surface area (Å²) in [5.41, 5.74) is 4.84. The summed E-state index contributed by atoms with van der Waals surface area (Å²) in [6, 6.07) is 9.68. The van der Waals surface area contributed by atoms with E-state index in [2.05, 4.69) is 9.85 Å². The molecule has 1 N–H and O–H groups in total. The molecule has 2 fully saturated rings. The van der Waals surface area contributed by atoms with Crippen LogP contribution in [0, 0.1) is 18.4 Å². The molecule has 1 amide bonds. The number of halogens is 1. The van der Waals surface area contributed by atoms with E-state index in [1.807, 2.05) is 24.3 Å². The second-order valence-corrected chi connectivity index (χ2v) is 10.5. The van der Waals surface area contributed by atoms with Crippen molar-refractivity contribution in [3.63, 3.8) is 0 Å². The Morgan fingerprint density at radius 1 is 1.14 bits per heavy atom. The molecule has 4 aliphatic rings. The second-order valence-electron chi connectivity index (χ2n) is 10.1. The molecule has 6 rings (SSSR count). The molecule has 2 aliphatic carbocycles. The van der Waals surface area contributed by atoms with Crippen LogP contribution in [0.2, 0.25) is 5.02 Å². The van der Waals surface area contributed by atoms with Gasteiger partial charge in [-0.2, -0.15) is 5.10 Å². The molecule has 35 heavy (non-hydrogen) atoms. The van der Waals surface area contributed by atoms with Crippen LogP contribution in [0.1, 0.15) is 60.3 Å². The number of nitrogens with zero attached hydrogens (tertiary/aromatic N) is 5. The first-order chi connectivity index (χ1) is 17.0. The largest absolute Gasteiger partial charge is 0.391 e. The Morgan fingerprint density at radius 3 is 2.69 bits per heavy atom. The predicted octanol–water partition coefficient (Wildman–Crippen LogP) is 4.84. The molecule has 1 saturated heterocycles. The molecular weight excluding hydrogens is 462 g/mol. The van der Waals surface area contributed by atoms with Gasteiger partial charge in [0.2, 0.25) is 5.69 Å². The highest BCUT2D eigenvalue weighted by molar-refractivity contribution is 6.33. The summed E-state index contributed by atoms with van der Waals surface area (Å²) < 4.78 is 0. The van der Waals surface area contributed by atoms with E-state index in [4.69, 9.17) is 28.3 Å². The number of β-amino-alcohol motifs (C(OH)–C–C–N with tert-alkyl or cyclic N) is 1. The number of aliphatic hydroxyl groups is 1. The van der Waals surface area contributed by atoms with Crippen molar-refractivity contribution in [3.05, 3.63) is 63.7 Å². The molecule has 2 aliphatic heterocycles. The standard InChI is InChI=1S/C27H28ClN5O2/c1-29-23-9-6-17(14-21(23)28)33-26(16-4-2-3-5-16)20-8-10-22-19(25(20)31-33)7-11-24(30-22)27(35)32-13-12-18(34)15-32/h6-7,9,11,14,16,18,20,26,34H,2-5,8,10,12-13,15H2/t18-,20?,26?/m0/s1. The van der Waals surface area contributed by atoms with Crippen molar-refractivity contribution in [2.75, 3.05) is 18.1 Å². The van der Waals surface area contributed by atoms with E-state index in [1.54, 1.807) is 11.0 Å². The lowest BCUT2D eigenvalue weighted by molar-refractivity contribution is 0.0759. The van der Waals surface area contributed by atoms with Gasteiger partial charge in [-0.3, -0.25) is 9.80 Å². The number of benzene rings is 1. The van der Waals surface area contributed by atoms with Gasteiger partial charge in [-0.1, -0.05) is 30.5 Å². The van der Waals surface area contributed by atoms with Gasteiger partial charge in [0.05, 0.1) is 35.8 Å². The van der Waals surface area contributed by atoms with E-state index in [0.717, 1.165) is 35.5 Å². The zero-order chi connectivity index (χ0) is 24.1. The van der Waals surface area contributed by atoms with Gasteiger partial charge in [0.15, 0.2) is 0 Å². The Morgan fingerprint density at radius 2 is 1.97 bits per heavy atom. The molecule has 8 heteroatoms. The summed E-state index contributed by atoms with van der Waals surface area (Å²) >= 11 is 6.41. The van der Waals surface area contributed by atoms with Crippen molar-refractivity contribution in [1.82, 2.24) is 9.88 Å². The van der Waals surface area contributed by atoms with E-state index in [1.165, 1.54) is 25.7 Å². The minimum Gasteiger partial charge on any atom is -0.391 e. The van der Waals surface area contributed by atoms with Crippen LogP contribution in [-0.4, -0.2) is 51.8 Å². The van der Waals surface area contributed by atoms with Crippen molar-refractivity contribution >= 4 is 34.6 Å². The van der Waals surface area contributed by atoms with Gasteiger partial charge in [-0.05, 0) is 62.3 Å². The normalized spacial score (nSPS) is 25.9. The minimum absolute atomic E-state index is 0.111. The summed E-state index contributed by atoms with van der Waals surface area (Å²) in [4.78, 5) is 22.9. The lowest BCUT2D eigenvalue weighted by Gasteiger charge is -2.34. The van der Waals surface area contributed by atoms with Crippen LogP contribution in [0.4, 0.5) is 11.4 Å². The Kier molecular flexibility index (Phi) is 5.74. The molecule has 2 aromatic rings. The van der Waals surface area contributed by atoms with Crippen LogP contribution in [0.5, 0.6) is 0 Å². The number of hydrazone groups is 1. The number of aryl methyl sites for hydroxylation is 1. The first-order valence-corrected chi connectivity index (χ1v) is 12.9. The predicted molar refractivity (Wildman–Crippen MR) is 135 cm³/mol. The van der Waals surface area contributed by atoms with Crippen LogP contribution >= 0.6 is 11.6 Å². The Bertz CT molecular complexity index is 1250. The highest BCUT2D eigenvalue weighted by atomic mass is 35.5. The topological polar surface area (TPSA) is 73.4 Å². The molecule has 180 valence electrons. The summed E-state index contributed by atoms with van der Waals surface area (Å²) in [6.07, 6.45) is 6.85. The highest BCUT2D eigenvalue weighted by Gasteiger charge is 2.46. The van der Waals surface area contributed by atoms with Crippen molar-refractivity contribution in [2.24, 2.45) is 16.9 Å². The Balaban J connectivity index is 1.35.